The van der Waals surface area contributed by atoms with Gasteiger partial charge >= 0.3 is 0 Å². The third-order valence-corrected chi connectivity index (χ3v) is 4.75. The van der Waals surface area contributed by atoms with Crippen molar-refractivity contribution in [3.8, 4) is 11.5 Å². The Hall–Kier alpha value is -4.33. The number of nitrogens with one attached hydrogen (secondary N) is 3. The van der Waals surface area contributed by atoms with E-state index in [9.17, 15) is 14.4 Å². The third kappa shape index (κ3) is 6.33. The fourth-order valence-corrected chi connectivity index (χ4v) is 3.07. The van der Waals surface area contributed by atoms with Gasteiger partial charge < -0.3 is 25.4 Å². The lowest BCUT2D eigenvalue weighted by Crippen LogP contribution is -2.27. The Morgan fingerprint density at radius 2 is 1.18 bits per heavy atom. The van der Waals surface area contributed by atoms with Gasteiger partial charge in [-0.2, -0.15) is 0 Å². The van der Waals surface area contributed by atoms with Gasteiger partial charge in [0.1, 0.15) is 11.5 Å². The quantitative estimate of drug-likeness (QED) is 0.464. The number of ether oxygens (including phenoxy) is 2. The first-order valence-electron chi connectivity index (χ1n) is 10.3. The molecular formula is C25H25N3O5. The number of hydrogen-bond donors (Lipinski definition) is 3. The summed E-state index contributed by atoms with van der Waals surface area (Å²) in [6.45, 7) is 0.171. The number of rotatable bonds is 9. The lowest BCUT2D eigenvalue weighted by molar-refractivity contribution is -0.116. The maximum Gasteiger partial charge on any atom is 0.255 e. The van der Waals surface area contributed by atoms with Gasteiger partial charge in [0.2, 0.25) is 5.91 Å². The van der Waals surface area contributed by atoms with Crippen LogP contribution in [0.25, 0.3) is 0 Å². The highest BCUT2D eigenvalue weighted by atomic mass is 16.5. The van der Waals surface area contributed by atoms with Crippen LogP contribution in [0.2, 0.25) is 0 Å². The summed E-state index contributed by atoms with van der Waals surface area (Å²) < 4.78 is 10.8. The zero-order chi connectivity index (χ0) is 23.6. The molecule has 3 rings (SSSR count). The smallest absolute Gasteiger partial charge is 0.255 e. The monoisotopic (exact) mass is 447 g/mol. The first-order chi connectivity index (χ1) is 16.0. The van der Waals surface area contributed by atoms with Crippen molar-refractivity contribution in [2.45, 2.75) is 6.42 Å². The van der Waals surface area contributed by atoms with E-state index in [0.717, 1.165) is 0 Å². The Bertz CT molecular complexity index is 1120. The molecule has 33 heavy (non-hydrogen) atoms. The fraction of sp³-hybridized carbons (Fsp3) is 0.160. The Balaban J connectivity index is 1.64. The molecule has 3 amide bonds. The zero-order valence-corrected chi connectivity index (χ0v) is 18.4. The van der Waals surface area contributed by atoms with Gasteiger partial charge in [0.05, 0.1) is 25.6 Å². The number of methoxy groups -OCH3 is 2. The van der Waals surface area contributed by atoms with Crippen molar-refractivity contribution in [1.82, 2.24) is 5.32 Å². The summed E-state index contributed by atoms with van der Waals surface area (Å²) >= 11 is 0. The zero-order valence-electron chi connectivity index (χ0n) is 18.4. The summed E-state index contributed by atoms with van der Waals surface area (Å²) in [5.41, 5.74) is 1.80. The van der Waals surface area contributed by atoms with Crippen LogP contribution in [0.15, 0.2) is 72.8 Å². The summed E-state index contributed by atoms with van der Waals surface area (Å²) in [5, 5.41) is 8.26. The predicted molar refractivity (Wildman–Crippen MR) is 126 cm³/mol. The molecule has 0 unspecified atom stereocenters. The number of anilines is 2. The lowest BCUT2D eigenvalue weighted by atomic mass is 10.2. The van der Waals surface area contributed by atoms with Crippen molar-refractivity contribution in [3.05, 3.63) is 83.9 Å². The van der Waals surface area contributed by atoms with Crippen molar-refractivity contribution in [1.29, 1.82) is 0 Å². The Morgan fingerprint density at radius 3 is 1.70 bits per heavy atom. The molecule has 0 atom stereocenters. The minimum atomic E-state index is -0.315. The normalized spacial score (nSPS) is 10.1. The lowest BCUT2D eigenvalue weighted by Gasteiger charge is -2.16. The number of carbonyl (C=O) groups excluding carboxylic acids is 3. The molecule has 0 fully saturated rings. The molecule has 0 radical (unpaired) electrons. The van der Waals surface area contributed by atoms with Gasteiger partial charge in [0, 0.05) is 36.2 Å². The average molecular weight is 447 g/mol. The molecule has 0 aliphatic carbocycles. The summed E-state index contributed by atoms with van der Waals surface area (Å²) in [6, 6.07) is 20.7. The average Bonchev–Trinajstić information content (AvgIpc) is 2.85. The van der Waals surface area contributed by atoms with E-state index in [0.29, 0.717) is 34.0 Å². The van der Waals surface area contributed by atoms with E-state index in [1.165, 1.54) is 14.2 Å². The number of hydrogen-bond acceptors (Lipinski definition) is 5. The Labute approximate surface area is 191 Å². The van der Waals surface area contributed by atoms with Crippen LogP contribution >= 0.6 is 0 Å². The second-order valence-corrected chi connectivity index (χ2v) is 6.99. The number of benzene rings is 3. The molecule has 3 aromatic carbocycles. The van der Waals surface area contributed by atoms with Crippen LogP contribution in [-0.4, -0.2) is 38.5 Å². The molecular weight excluding hydrogens is 422 g/mol. The molecule has 0 bridgehead atoms. The fourth-order valence-electron chi connectivity index (χ4n) is 3.07. The van der Waals surface area contributed by atoms with Gasteiger partial charge in [-0.25, -0.2) is 0 Å². The molecule has 8 heteroatoms. The van der Waals surface area contributed by atoms with Crippen molar-refractivity contribution >= 4 is 29.1 Å². The molecule has 0 aliphatic rings. The second kappa shape index (κ2) is 11.3. The molecule has 0 saturated carbocycles. The largest absolute Gasteiger partial charge is 0.494 e. The first-order valence-corrected chi connectivity index (χ1v) is 10.3. The summed E-state index contributed by atoms with van der Waals surface area (Å²) in [4.78, 5) is 37.0. The minimum Gasteiger partial charge on any atom is -0.494 e. The van der Waals surface area contributed by atoms with E-state index in [4.69, 9.17) is 9.47 Å². The molecule has 3 N–H and O–H groups in total. The molecule has 8 nitrogen and oxygen atoms in total. The van der Waals surface area contributed by atoms with Crippen LogP contribution in [0.3, 0.4) is 0 Å². The van der Waals surface area contributed by atoms with Crippen molar-refractivity contribution in [3.63, 3.8) is 0 Å². The van der Waals surface area contributed by atoms with E-state index < -0.39 is 0 Å². The highest BCUT2D eigenvalue weighted by molar-refractivity contribution is 6.05. The van der Waals surface area contributed by atoms with E-state index >= 15 is 0 Å². The molecule has 0 spiro atoms. The molecule has 3 aromatic rings. The van der Waals surface area contributed by atoms with Crippen molar-refractivity contribution in [2.24, 2.45) is 0 Å². The van der Waals surface area contributed by atoms with Gasteiger partial charge in [-0.15, -0.1) is 0 Å². The van der Waals surface area contributed by atoms with Gasteiger partial charge in [-0.05, 0) is 24.3 Å². The van der Waals surface area contributed by atoms with Crippen LogP contribution in [0, 0.1) is 0 Å². The van der Waals surface area contributed by atoms with E-state index in [1.807, 2.05) is 12.1 Å². The SMILES string of the molecule is COc1cc(NC(=O)c2ccccc2)c(OC)cc1NC(=O)CCNC(=O)c1ccccc1. The van der Waals surface area contributed by atoms with Gasteiger partial charge in [-0.3, -0.25) is 14.4 Å². The maximum absolute atomic E-state index is 12.5. The van der Waals surface area contributed by atoms with E-state index in [-0.39, 0.29) is 30.7 Å². The molecule has 0 heterocycles. The minimum absolute atomic E-state index is 0.0660. The number of carbonyl (C=O) groups is 3. The topological polar surface area (TPSA) is 106 Å². The van der Waals surface area contributed by atoms with Gasteiger partial charge in [0.15, 0.2) is 0 Å². The second-order valence-electron chi connectivity index (χ2n) is 6.99. The third-order valence-electron chi connectivity index (χ3n) is 4.75. The van der Waals surface area contributed by atoms with Crippen LogP contribution in [0.1, 0.15) is 27.1 Å². The summed E-state index contributed by atoms with van der Waals surface area (Å²) in [7, 11) is 2.92. The number of amides is 3. The van der Waals surface area contributed by atoms with E-state index in [2.05, 4.69) is 16.0 Å². The molecule has 0 aliphatic heterocycles. The molecule has 170 valence electrons. The molecule has 0 aromatic heterocycles. The van der Waals surface area contributed by atoms with Gasteiger partial charge in [0.25, 0.3) is 11.8 Å². The van der Waals surface area contributed by atoms with Crippen molar-refractivity contribution in [2.75, 3.05) is 31.4 Å². The summed E-state index contributed by atoms with van der Waals surface area (Å²) in [6.07, 6.45) is 0.0660. The van der Waals surface area contributed by atoms with Crippen LogP contribution in [-0.2, 0) is 4.79 Å². The molecule has 0 saturated heterocycles. The maximum atomic E-state index is 12.5. The van der Waals surface area contributed by atoms with Crippen LogP contribution in [0.4, 0.5) is 11.4 Å². The van der Waals surface area contributed by atoms with E-state index in [1.54, 1.807) is 60.7 Å². The first kappa shape index (κ1) is 23.3. The highest BCUT2D eigenvalue weighted by Crippen LogP contribution is 2.36. The Kier molecular flexibility index (Phi) is 8.02. The van der Waals surface area contributed by atoms with Crippen molar-refractivity contribution < 1.29 is 23.9 Å². The Morgan fingerprint density at radius 1 is 0.697 bits per heavy atom. The standard InChI is InChI=1S/C25H25N3O5/c1-32-21-16-20(28-25(31)18-11-7-4-8-12-18)22(33-2)15-19(21)27-23(29)13-14-26-24(30)17-9-5-3-6-10-17/h3-12,15-16H,13-14H2,1-2H3,(H,26,30)(H,27,29)(H,28,31). The van der Waals surface area contributed by atoms with Crippen LogP contribution < -0.4 is 25.4 Å². The highest BCUT2D eigenvalue weighted by Gasteiger charge is 2.16. The summed E-state index contributed by atoms with van der Waals surface area (Å²) in [5.74, 6) is -0.165. The van der Waals surface area contributed by atoms with Crippen LogP contribution in [0.5, 0.6) is 11.5 Å². The van der Waals surface area contributed by atoms with Gasteiger partial charge in [-0.1, -0.05) is 36.4 Å². The predicted octanol–water partition coefficient (Wildman–Crippen LogP) is 3.71.